The van der Waals surface area contributed by atoms with E-state index in [0.717, 1.165) is 6.54 Å². The molecule has 0 heterocycles. The lowest BCUT2D eigenvalue weighted by Gasteiger charge is -2.29. The molecule has 0 unspecified atom stereocenters. The van der Waals surface area contributed by atoms with Crippen LogP contribution in [0.5, 0.6) is 0 Å². The summed E-state index contributed by atoms with van der Waals surface area (Å²) in [5.41, 5.74) is 5.74. The van der Waals surface area contributed by atoms with Crippen LogP contribution >= 0.6 is 0 Å². The smallest absolute Gasteiger partial charge is 0.191 e. The Kier molecular flexibility index (Phi) is 4.71. The molecule has 2 N–H and O–H groups in total. The molecule has 0 saturated heterocycles. The van der Waals surface area contributed by atoms with Gasteiger partial charge in [0.2, 0.25) is 0 Å². The minimum absolute atomic E-state index is 0.427. The predicted octanol–water partition coefficient (Wildman–Crippen LogP) is 1.30. The molecule has 3 heteroatoms. The third-order valence-electron chi connectivity index (χ3n) is 1.71. The summed E-state index contributed by atoms with van der Waals surface area (Å²) >= 11 is 0. The van der Waals surface area contributed by atoms with Gasteiger partial charge < -0.3 is 10.6 Å². The third kappa shape index (κ3) is 3.60. The molecule has 3 nitrogen and oxygen atoms in total. The van der Waals surface area contributed by atoms with E-state index in [9.17, 15) is 0 Å². The van der Waals surface area contributed by atoms with Crippen LogP contribution in [-0.2, 0) is 0 Å². The molecular formula is C9H21N3. The molecule has 0 radical (unpaired) electrons. The maximum Gasteiger partial charge on any atom is 0.191 e. The molecule has 0 rings (SSSR count). The highest BCUT2D eigenvalue weighted by Gasteiger charge is 2.12. The van der Waals surface area contributed by atoms with Crippen LogP contribution in [0.2, 0.25) is 0 Å². The summed E-state index contributed by atoms with van der Waals surface area (Å²) in [7, 11) is 1.73. The predicted molar refractivity (Wildman–Crippen MR) is 54.2 cm³/mol. The Hall–Kier alpha value is -0.730. The van der Waals surface area contributed by atoms with Gasteiger partial charge in [-0.1, -0.05) is 13.8 Å². The molecule has 0 aromatic heterocycles. The summed E-state index contributed by atoms with van der Waals surface area (Å²) in [5, 5.41) is 0. The molecule has 0 aromatic rings. The molecule has 0 aliphatic carbocycles. The van der Waals surface area contributed by atoms with Gasteiger partial charge in [-0.25, -0.2) is 0 Å². The summed E-state index contributed by atoms with van der Waals surface area (Å²) in [6, 6.07) is 0.427. The third-order valence-corrected chi connectivity index (χ3v) is 1.71. The summed E-state index contributed by atoms with van der Waals surface area (Å²) in [5.74, 6) is 1.26. The van der Waals surface area contributed by atoms with Crippen LogP contribution in [0.15, 0.2) is 4.99 Å². The van der Waals surface area contributed by atoms with Crippen molar-refractivity contribution in [3.8, 4) is 0 Å². The Balaban J connectivity index is 4.24. The van der Waals surface area contributed by atoms with Gasteiger partial charge in [-0.05, 0) is 19.8 Å². The van der Waals surface area contributed by atoms with Crippen molar-refractivity contribution in [2.45, 2.75) is 33.7 Å². The van der Waals surface area contributed by atoms with E-state index >= 15 is 0 Å². The first-order valence-corrected chi connectivity index (χ1v) is 4.48. The molecule has 0 spiro atoms. The second kappa shape index (κ2) is 5.01. The highest BCUT2D eigenvalue weighted by molar-refractivity contribution is 5.78. The molecule has 0 aliphatic rings. The largest absolute Gasteiger partial charge is 0.370 e. The van der Waals surface area contributed by atoms with Crippen molar-refractivity contribution in [2.75, 3.05) is 13.6 Å². The second-order valence-electron chi connectivity index (χ2n) is 3.72. The maximum atomic E-state index is 5.74. The number of hydrogen-bond acceptors (Lipinski definition) is 1. The van der Waals surface area contributed by atoms with Crippen LogP contribution in [-0.4, -0.2) is 30.5 Å². The van der Waals surface area contributed by atoms with E-state index in [1.165, 1.54) is 0 Å². The van der Waals surface area contributed by atoms with Crippen molar-refractivity contribution in [3.63, 3.8) is 0 Å². The van der Waals surface area contributed by atoms with Gasteiger partial charge in [0.1, 0.15) is 0 Å². The lowest BCUT2D eigenvalue weighted by molar-refractivity contribution is 0.307. The molecule has 0 saturated carbocycles. The standard InChI is InChI=1S/C9H21N3/c1-7(2)6-12(8(3)4)9(10)11-5/h7-8H,6H2,1-5H3,(H2,10,11). The highest BCUT2D eigenvalue weighted by atomic mass is 15.3. The topological polar surface area (TPSA) is 41.6 Å². The van der Waals surface area contributed by atoms with Gasteiger partial charge in [0, 0.05) is 19.6 Å². The molecule has 0 bridgehead atoms. The van der Waals surface area contributed by atoms with Crippen LogP contribution < -0.4 is 5.73 Å². The van der Waals surface area contributed by atoms with Gasteiger partial charge in [-0.2, -0.15) is 0 Å². The summed E-state index contributed by atoms with van der Waals surface area (Å²) in [6.45, 7) is 9.58. The van der Waals surface area contributed by atoms with Crippen LogP contribution in [0, 0.1) is 5.92 Å². The van der Waals surface area contributed by atoms with Crippen molar-refractivity contribution in [1.82, 2.24) is 4.90 Å². The fraction of sp³-hybridized carbons (Fsp3) is 0.889. The Morgan fingerprint density at radius 2 is 1.83 bits per heavy atom. The van der Waals surface area contributed by atoms with E-state index in [1.54, 1.807) is 7.05 Å². The van der Waals surface area contributed by atoms with Gasteiger partial charge >= 0.3 is 0 Å². The summed E-state index contributed by atoms with van der Waals surface area (Å²) in [4.78, 5) is 6.10. The monoisotopic (exact) mass is 171 g/mol. The Morgan fingerprint density at radius 1 is 1.33 bits per heavy atom. The molecule has 0 amide bonds. The van der Waals surface area contributed by atoms with Gasteiger partial charge in [-0.15, -0.1) is 0 Å². The van der Waals surface area contributed by atoms with Gasteiger partial charge in [0.25, 0.3) is 0 Å². The average molecular weight is 171 g/mol. The van der Waals surface area contributed by atoms with Crippen molar-refractivity contribution >= 4 is 5.96 Å². The fourth-order valence-electron chi connectivity index (χ4n) is 1.09. The zero-order valence-electron chi connectivity index (χ0n) is 8.83. The number of aliphatic imine (C=N–C) groups is 1. The second-order valence-corrected chi connectivity index (χ2v) is 3.72. The zero-order chi connectivity index (χ0) is 9.72. The molecule has 0 fully saturated rings. The zero-order valence-corrected chi connectivity index (χ0v) is 8.83. The number of nitrogens with zero attached hydrogens (tertiary/aromatic N) is 2. The number of nitrogens with two attached hydrogens (primary N) is 1. The minimum atomic E-state index is 0.427. The van der Waals surface area contributed by atoms with Crippen molar-refractivity contribution in [2.24, 2.45) is 16.6 Å². The lowest BCUT2D eigenvalue weighted by Crippen LogP contribution is -2.44. The van der Waals surface area contributed by atoms with E-state index in [1.807, 2.05) is 0 Å². The van der Waals surface area contributed by atoms with Crippen LogP contribution in [0.4, 0.5) is 0 Å². The van der Waals surface area contributed by atoms with Crippen molar-refractivity contribution < 1.29 is 0 Å². The number of rotatable bonds is 3. The van der Waals surface area contributed by atoms with E-state index in [2.05, 4.69) is 37.6 Å². The maximum absolute atomic E-state index is 5.74. The van der Waals surface area contributed by atoms with E-state index < -0.39 is 0 Å². The molecule has 0 aromatic carbocycles. The van der Waals surface area contributed by atoms with Crippen LogP contribution in [0.1, 0.15) is 27.7 Å². The van der Waals surface area contributed by atoms with E-state index in [-0.39, 0.29) is 0 Å². The molecule has 72 valence electrons. The fourth-order valence-corrected chi connectivity index (χ4v) is 1.09. The normalized spacial score (nSPS) is 12.8. The molecule has 0 atom stereocenters. The van der Waals surface area contributed by atoms with Crippen LogP contribution in [0.25, 0.3) is 0 Å². The average Bonchev–Trinajstić information content (AvgIpc) is 1.98. The Morgan fingerprint density at radius 3 is 2.08 bits per heavy atom. The lowest BCUT2D eigenvalue weighted by atomic mass is 10.2. The van der Waals surface area contributed by atoms with E-state index in [0.29, 0.717) is 17.9 Å². The summed E-state index contributed by atoms with van der Waals surface area (Å²) in [6.07, 6.45) is 0. The highest BCUT2D eigenvalue weighted by Crippen LogP contribution is 2.03. The first-order valence-electron chi connectivity index (χ1n) is 4.48. The van der Waals surface area contributed by atoms with E-state index in [4.69, 9.17) is 5.73 Å². The summed E-state index contributed by atoms with van der Waals surface area (Å²) < 4.78 is 0. The van der Waals surface area contributed by atoms with Gasteiger partial charge in [-0.3, -0.25) is 4.99 Å². The molecule has 0 aliphatic heterocycles. The van der Waals surface area contributed by atoms with Crippen LogP contribution in [0.3, 0.4) is 0 Å². The molecular weight excluding hydrogens is 150 g/mol. The van der Waals surface area contributed by atoms with Gasteiger partial charge in [0.15, 0.2) is 5.96 Å². The first kappa shape index (κ1) is 11.3. The molecule has 12 heavy (non-hydrogen) atoms. The van der Waals surface area contributed by atoms with Crippen molar-refractivity contribution in [1.29, 1.82) is 0 Å². The Bertz CT molecular complexity index is 150. The SMILES string of the molecule is CN=C(N)N(CC(C)C)C(C)C. The Labute approximate surface area is 75.7 Å². The minimum Gasteiger partial charge on any atom is -0.370 e. The number of guanidine groups is 1. The van der Waals surface area contributed by atoms with Crippen molar-refractivity contribution in [3.05, 3.63) is 0 Å². The number of hydrogen-bond donors (Lipinski definition) is 1. The van der Waals surface area contributed by atoms with Gasteiger partial charge in [0.05, 0.1) is 0 Å². The first-order chi connectivity index (χ1) is 5.49. The quantitative estimate of drug-likeness (QED) is 0.513.